The van der Waals surface area contributed by atoms with Crippen LogP contribution < -0.4 is 5.32 Å². The van der Waals surface area contributed by atoms with Gasteiger partial charge in [-0.3, -0.25) is 19.3 Å². The van der Waals surface area contributed by atoms with Crippen molar-refractivity contribution in [2.45, 2.75) is 28.8 Å². The Morgan fingerprint density at radius 2 is 1.05 bits per heavy atom. The zero-order valence-electron chi connectivity index (χ0n) is 22.0. The lowest BCUT2D eigenvalue weighted by atomic mass is 9.54. The molecule has 4 aliphatic rings. The number of amides is 3. The Kier molecular flexibility index (Phi) is 6.07. The van der Waals surface area contributed by atoms with Gasteiger partial charge in [0.05, 0.1) is 11.8 Å². The summed E-state index contributed by atoms with van der Waals surface area (Å²) in [5.74, 6) is -3.27. The van der Waals surface area contributed by atoms with Gasteiger partial charge in [0.1, 0.15) is 15.8 Å². The molecular weight excluding hydrogens is 555 g/mol. The molecular formula is C34H26Cl2N2O3. The maximum absolute atomic E-state index is 14.5. The Bertz CT molecular complexity index is 1570. The molecule has 2 bridgehead atoms. The van der Waals surface area contributed by atoms with Crippen LogP contribution in [0, 0.1) is 11.8 Å². The molecule has 0 unspecified atom stereocenters. The van der Waals surface area contributed by atoms with E-state index >= 15 is 0 Å². The van der Waals surface area contributed by atoms with E-state index in [1.54, 1.807) is 0 Å². The number of carbonyl (C=O) groups excluding carboxylic acids is 3. The first-order valence-electron chi connectivity index (χ1n) is 13.7. The fourth-order valence-corrected chi connectivity index (χ4v) is 8.14. The molecule has 1 saturated heterocycles. The van der Waals surface area contributed by atoms with E-state index in [4.69, 9.17) is 23.2 Å². The Morgan fingerprint density at radius 1 is 0.659 bits per heavy atom. The largest absolute Gasteiger partial charge is 0.350 e. The van der Waals surface area contributed by atoms with Crippen LogP contribution >= 0.6 is 23.2 Å². The van der Waals surface area contributed by atoms with Gasteiger partial charge in [-0.15, -0.1) is 23.2 Å². The van der Waals surface area contributed by atoms with Crippen molar-refractivity contribution >= 4 is 40.9 Å². The highest BCUT2D eigenvalue weighted by Gasteiger charge is 2.73. The van der Waals surface area contributed by atoms with Crippen LogP contribution in [0.3, 0.4) is 0 Å². The molecule has 1 N–H and O–H groups in total. The highest BCUT2D eigenvalue weighted by molar-refractivity contribution is 6.36. The van der Waals surface area contributed by atoms with E-state index < -0.39 is 45.3 Å². The number of imide groups is 1. The third kappa shape index (κ3) is 3.65. The predicted octanol–water partition coefficient (Wildman–Crippen LogP) is 5.51. The van der Waals surface area contributed by atoms with Crippen LogP contribution in [0.1, 0.15) is 33.4 Å². The molecule has 4 aromatic carbocycles. The van der Waals surface area contributed by atoms with Crippen LogP contribution in [0.2, 0.25) is 0 Å². The van der Waals surface area contributed by atoms with Gasteiger partial charge in [-0.1, -0.05) is 109 Å². The Hall–Kier alpha value is -3.93. The van der Waals surface area contributed by atoms with Crippen LogP contribution in [-0.2, 0) is 37.1 Å². The number of rotatable bonds is 6. The van der Waals surface area contributed by atoms with Crippen molar-refractivity contribution in [1.29, 1.82) is 0 Å². The second kappa shape index (κ2) is 9.57. The lowest BCUT2D eigenvalue weighted by molar-refractivity contribution is -0.148. The molecule has 5 nitrogen and oxygen atoms in total. The molecule has 0 aromatic heterocycles. The molecule has 3 atom stereocenters. The molecule has 8 rings (SSSR count). The summed E-state index contributed by atoms with van der Waals surface area (Å²) in [5, 5.41) is 2.96. The van der Waals surface area contributed by atoms with Crippen LogP contribution in [0.4, 0.5) is 0 Å². The number of benzene rings is 4. The summed E-state index contributed by atoms with van der Waals surface area (Å²) < 4.78 is 0. The molecule has 0 radical (unpaired) electrons. The fraction of sp³-hybridized carbons (Fsp3) is 0.206. The normalized spacial score (nSPS) is 26.2. The molecule has 0 spiro atoms. The molecule has 41 heavy (non-hydrogen) atoms. The minimum absolute atomic E-state index is 0.169. The summed E-state index contributed by atoms with van der Waals surface area (Å²) in [6.45, 7) is 0.268. The molecule has 3 aliphatic carbocycles. The third-order valence-corrected chi connectivity index (χ3v) is 10.1. The highest BCUT2D eigenvalue weighted by Crippen LogP contribution is 2.69. The van der Waals surface area contributed by atoms with E-state index in [1.807, 2.05) is 109 Å². The van der Waals surface area contributed by atoms with Crippen molar-refractivity contribution in [1.82, 2.24) is 10.2 Å². The standard InChI is InChI=1S/C34H26Cl2N2O3/c35-33-23-15-7-8-16-24(23)34(36,26-18-10-9-17-25(26)33)29-28(33)31(40)38(32(29)41)27(19-21-11-3-1-4-12-21)30(39)37-20-22-13-5-2-6-14-22/h1-18,27-29H,19-20H2,(H,37,39)/t27-,28+,29+,33?,34?/m0/s1. The minimum atomic E-state index is -1.30. The van der Waals surface area contributed by atoms with Gasteiger partial charge in [-0.25, -0.2) is 0 Å². The van der Waals surface area contributed by atoms with Crippen molar-refractivity contribution in [2.24, 2.45) is 11.8 Å². The Labute approximate surface area is 248 Å². The van der Waals surface area contributed by atoms with Crippen LogP contribution in [-0.4, -0.2) is 28.7 Å². The average molecular weight is 581 g/mol. The number of hydrogen-bond acceptors (Lipinski definition) is 3. The number of likely N-dealkylation sites (tertiary alicyclic amines) is 1. The summed E-state index contributed by atoms with van der Waals surface area (Å²) in [5.41, 5.74) is 4.66. The monoisotopic (exact) mass is 580 g/mol. The van der Waals surface area contributed by atoms with E-state index in [0.717, 1.165) is 38.3 Å². The van der Waals surface area contributed by atoms with Gasteiger partial charge in [0.15, 0.2) is 0 Å². The Morgan fingerprint density at radius 3 is 1.49 bits per heavy atom. The van der Waals surface area contributed by atoms with Gasteiger partial charge in [0.25, 0.3) is 0 Å². The molecule has 4 aromatic rings. The zero-order chi connectivity index (χ0) is 28.4. The van der Waals surface area contributed by atoms with Crippen molar-refractivity contribution in [3.05, 3.63) is 143 Å². The predicted molar refractivity (Wildman–Crippen MR) is 157 cm³/mol. The van der Waals surface area contributed by atoms with E-state index in [9.17, 15) is 14.4 Å². The first kappa shape index (κ1) is 26.0. The summed E-state index contributed by atoms with van der Waals surface area (Å²) >= 11 is 15.1. The number of alkyl halides is 2. The van der Waals surface area contributed by atoms with Crippen molar-refractivity contribution in [3.8, 4) is 0 Å². The lowest BCUT2D eigenvalue weighted by Gasteiger charge is -2.54. The van der Waals surface area contributed by atoms with E-state index in [0.29, 0.717) is 0 Å². The molecule has 0 saturated carbocycles. The lowest BCUT2D eigenvalue weighted by Crippen LogP contribution is -2.57. The maximum atomic E-state index is 14.5. The third-order valence-electron chi connectivity index (χ3n) is 8.82. The van der Waals surface area contributed by atoms with Crippen LogP contribution in [0.15, 0.2) is 109 Å². The van der Waals surface area contributed by atoms with Crippen molar-refractivity contribution in [2.75, 3.05) is 0 Å². The van der Waals surface area contributed by atoms with Crippen LogP contribution in [0.5, 0.6) is 0 Å². The molecule has 7 heteroatoms. The zero-order valence-corrected chi connectivity index (χ0v) is 23.5. The van der Waals surface area contributed by atoms with E-state index in [2.05, 4.69) is 5.32 Å². The quantitative estimate of drug-likeness (QED) is 0.242. The van der Waals surface area contributed by atoms with Crippen molar-refractivity contribution < 1.29 is 14.4 Å². The van der Waals surface area contributed by atoms with Gasteiger partial charge < -0.3 is 5.32 Å². The van der Waals surface area contributed by atoms with Gasteiger partial charge in [0, 0.05) is 13.0 Å². The number of carbonyl (C=O) groups is 3. The molecule has 1 heterocycles. The smallest absolute Gasteiger partial charge is 0.243 e. The highest BCUT2D eigenvalue weighted by atomic mass is 35.5. The number of nitrogens with one attached hydrogen (secondary N) is 1. The van der Waals surface area contributed by atoms with Crippen LogP contribution in [0.25, 0.3) is 0 Å². The summed E-state index contributed by atoms with van der Waals surface area (Å²) in [4.78, 5) is 41.4. The van der Waals surface area contributed by atoms with Gasteiger partial charge in [-0.05, 0) is 33.4 Å². The van der Waals surface area contributed by atoms with Crippen molar-refractivity contribution in [3.63, 3.8) is 0 Å². The summed E-state index contributed by atoms with van der Waals surface area (Å²) in [6, 6.07) is 32.9. The van der Waals surface area contributed by atoms with E-state index in [-0.39, 0.29) is 13.0 Å². The molecule has 1 fully saturated rings. The first-order valence-corrected chi connectivity index (χ1v) is 14.4. The average Bonchev–Trinajstić information content (AvgIpc) is 3.29. The second-order valence-electron chi connectivity index (χ2n) is 10.9. The number of hydrogen-bond donors (Lipinski definition) is 1. The van der Waals surface area contributed by atoms with Gasteiger partial charge >= 0.3 is 0 Å². The fourth-order valence-electron chi connectivity index (χ4n) is 7.04. The topological polar surface area (TPSA) is 66.5 Å². The molecule has 3 amide bonds. The summed E-state index contributed by atoms with van der Waals surface area (Å²) in [7, 11) is 0. The second-order valence-corrected chi connectivity index (χ2v) is 12.1. The Balaban J connectivity index is 1.33. The maximum Gasteiger partial charge on any atom is 0.243 e. The SMILES string of the molecule is O=C(NCc1ccccc1)[C@H](Cc1ccccc1)N1C(=O)[C@H]2[C@H](C1=O)C1(Cl)c3ccccc3C2(Cl)c2ccccc21. The first-order chi connectivity index (χ1) is 19.9. The molecule has 204 valence electrons. The van der Waals surface area contributed by atoms with Gasteiger partial charge in [0.2, 0.25) is 17.7 Å². The number of nitrogens with zero attached hydrogens (tertiary/aromatic N) is 1. The molecule has 1 aliphatic heterocycles. The minimum Gasteiger partial charge on any atom is -0.350 e. The van der Waals surface area contributed by atoms with E-state index in [1.165, 1.54) is 0 Å². The number of halogens is 2. The summed E-state index contributed by atoms with van der Waals surface area (Å²) in [6.07, 6.45) is 0.169. The van der Waals surface area contributed by atoms with Gasteiger partial charge in [-0.2, -0.15) is 0 Å².